The SMILES string of the molecule is c1ccc(-c2cccc(-c3nc(-n4c5ccc6ccccc6c5c5c6cccc(-c7ccccc7)c6ccc54)nc4ccccc34)c2)cc1. The van der Waals surface area contributed by atoms with Crippen LogP contribution in [0, 0.1) is 0 Å². The van der Waals surface area contributed by atoms with Crippen molar-refractivity contribution in [3.63, 3.8) is 0 Å². The van der Waals surface area contributed by atoms with Crippen LogP contribution in [0.2, 0.25) is 0 Å². The highest BCUT2D eigenvalue weighted by molar-refractivity contribution is 6.29. The molecule has 0 N–H and O–H groups in total. The zero-order valence-electron chi connectivity index (χ0n) is 26.6. The fraction of sp³-hybridized carbons (Fsp3) is 0. The average Bonchev–Trinajstić information content (AvgIpc) is 3.53. The van der Waals surface area contributed by atoms with E-state index in [9.17, 15) is 0 Å². The molecule has 2 aromatic heterocycles. The molecule has 0 saturated heterocycles. The molecule has 3 nitrogen and oxygen atoms in total. The van der Waals surface area contributed by atoms with Gasteiger partial charge in [-0.15, -0.1) is 0 Å². The maximum Gasteiger partial charge on any atom is 0.235 e. The first-order valence-corrected chi connectivity index (χ1v) is 16.7. The summed E-state index contributed by atoms with van der Waals surface area (Å²) in [6.07, 6.45) is 0. The van der Waals surface area contributed by atoms with Gasteiger partial charge in [0.1, 0.15) is 0 Å². The summed E-state index contributed by atoms with van der Waals surface area (Å²) in [5.74, 6) is 0.660. The van der Waals surface area contributed by atoms with E-state index >= 15 is 0 Å². The molecule has 0 aliphatic carbocycles. The van der Waals surface area contributed by atoms with Crippen LogP contribution >= 0.6 is 0 Å². The fourth-order valence-electron chi connectivity index (χ4n) is 7.58. The van der Waals surface area contributed by atoms with Crippen molar-refractivity contribution < 1.29 is 0 Å². The molecular formula is C46H29N3. The first-order valence-electron chi connectivity index (χ1n) is 16.7. The summed E-state index contributed by atoms with van der Waals surface area (Å²) in [6.45, 7) is 0. The van der Waals surface area contributed by atoms with Crippen LogP contribution in [-0.4, -0.2) is 14.5 Å². The summed E-state index contributed by atoms with van der Waals surface area (Å²) in [5.41, 5.74) is 9.84. The molecule has 49 heavy (non-hydrogen) atoms. The third-order valence-electron chi connectivity index (χ3n) is 9.80. The Morgan fingerprint density at radius 3 is 1.82 bits per heavy atom. The van der Waals surface area contributed by atoms with E-state index in [-0.39, 0.29) is 0 Å². The zero-order valence-corrected chi connectivity index (χ0v) is 26.6. The van der Waals surface area contributed by atoms with Gasteiger partial charge in [0.05, 0.1) is 22.2 Å². The van der Waals surface area contributed by atoms with Gasteiger partial charge in [-0.1, -0.05) is 152 Å². The van der Waals surface area contributed by atoms with Gasteiger partial charge in [-0.2, -0.15) is 0 Å². The first kappa shape index (κ1) is 27.5. The van der Waals surface area contributed by atoms with E-state index in [1.54, 1.807) is 0 Å². The summed E-state index contributed by atoms with van der Waals surface area (Å²) >= 11 is 0. The van der Waals surface area contributed by atoms with Crippen LogP contribution in [0.3, 0.4) is 0 Å². The minimum Gasteiger partial charge on any atom is -0.278 e. The van der Waals surface area contributed by atoms with Crippen LogP contribution in [0.5, 0.6) is 0 Å². The van der Waals surface area contributed by atoms with Gasteiger partial charge in [0.25, 0.3) is 0 Å². The predicted molar refractivity (Wildman–Crippen MR) is 205 cm³/mol. The molecule has 8 aromatic carbocycles. The summed E-state index contributed by atoms with van der Waals surface area (Å²) in [5, 5.41) is 8.34. The van der Waals surface area contributed by atoms with Crippen molar-refractivity contribution >= 4 is 54.3 Å². The molecule has 0 saturated carbocycles. The monoisotopic (exact) mass is 623 g/mol. The normalized spacial score (nSPS) is 11.7. The maximum absolute atomic E-state index is 5.43. The highest BCUT2D eigenvalue weighted by Gasteiger charge is 2.21. The minimum absolute atomic E-state index is 0.660. The Kier molecular flexibility index (Phi) is 6.18. The second-order valence-electron chi connectivity index (χ2n) is 12.6. The van der Waals surface area contributed by atoms with Gasteiger partial charge in [-0.3, -0.25) is 4.57 Å². The van der Waals surface area contributed by atoms with E-state index in [2.05, 4.69) is 180 Å². The quantitative estimate of drug-likeness (QED) is 0.195. The Morgan fingerprint density at radius 2 is 0.980 bits per heavy atom. The Bertz CT molecular complexity index is 2870. The molecule has 10 aromatic rings. The lowest BCUT2D eigenvalue weighted by Gasteiger charge is -2.13. The average molecular weight is 624 g/mol. The molecule has 0 amide bonds. The highest BCUT2D eigenvalue weighted by Crippen LogP contribution is 2.42. The van der Waals surface area contributed by atoms with Gasteiger partial charge >= 0.3 is 0 Å². The third-order valence-corrected chi connectivity index (χ3v) is 9.80. The molecule has 0 aliphatic heterocycles. The number of aromatic nitrogens is 3. The number of rotatable bonds is 4. The lowest BCUT2D eigenvalue weighted by Crippen LogP contribution is -2.03. The van der Waals surface area contributed by atoms with Gasteiger partial charge in [0.15, 0.2) is 0 Å². The molecule has 0 atom stereocenters. The van der Waals surface area contributed by atoms with Crippen molar-refractivity contribution in [2.24, 2.45) is 0 Å². The van der Waals surface area contributed by atoms with E-state index in [4.69, 9.17) is 9.97 Å². The van der Waals surface area contributed by atoms with Crippen molar-refractivity contribution in [1.29, 1.82) is 0 Å². The van der Waals surface area contributed by atoms with Crippen molar-refractivity contribution in [2.75, 3.05) is 0 Å². The summed E-state index contributed by atoms with van der Waals surface area (Å²) < 4.78 is 2.27. The van der Waals surface area contributed by atoms with Gasteiger partial charge < -0.3 is 0 Å². The number of benzene rings is 8. The van der Waals surface area contributed by atoms with Gasteiger partial charge in [-0.05, 0) is 68.1 Å². The van der Waals surface area contributed by atoms with E-state index in [0.717, 1.165) is 38.8 Å². The number of hydrogen-bond donors (Lipinski definition) is 0. The largest absolute Gasteiger partial charge is 0.278 e. The summed E-state index contributed by atoms with van der Waals surface area (Å²) in [7, 11) is 0. The highest BCUT2D eigenvalue weighted by atomic mass is 15.2. The molecule has 10 rings (SSSR count). The Hall–Kier alpha value is -6.58. The molecule has 0 bridgehead atoms. The Labute approximate surface area is 283 Å². The van der Waals surface area contributed by atoms with Crippen molar-refractivity contribution in [3.05, 3.63) is 176 Å². The first-order chi connectivity index (χ1) is 24.3. The molecule has 0 spiro atoms. The summed E-state index contributed by atoms with van der Waals surface area (Å²) in [4.78, 5) is 10.7. The Morgan fingerprint density at radius 1 is 0.367 bits per heavy atom. The van der Waals surface area contributed by atoms with Gasteiger partial charge in [-0.25, -0.2) is 9.97 Å². The lowest BCUT2D eigenvalue weighted by atomic mass is 9.94. The van der Waals surface area contributed by atoms with Crippen molar-refractivity contribution in [3.8, 4) is 39.5 Å². The molecule has 2 heterocycles. The van der Waals surface area contributed by atoms with Gasteiger partial charge in [0.2, 0.25) is 5.95 Å². The van der Waals surface area contributed by atoms with Crippen LogP contribution in [0.4, 0.5) is 0 Å². The van der Waals surface area contributed by atoms with Gasteiger partial charge in [0, 0.05) is 21.7 Å². The van der Waals surface area contributed by atoms with Crippen LogP contribution < -0.4 is 0 Å². The standard InChI is InChI=1S/C46H29N3/c1-3-13-30(14-4-1)33-18-11-19-34(29-33)45-39-21-9-10-24-40(39)47-46(48-45)49-41-27-25-32-17-7-8-20-36(32)43(41)44-38-23-12-22-35(31-15-5-2-6-16-31)37(38)26-28-42(44)49/h1-29H. The lowest BCUT2D eigenvalue weighted by molar-refractivity contribution is 1.01. The van der Waals surface area contributed by atoms with E-state index < -0.39 is 0 Å². The number of nitrogens with zero attached hydrogens (tertiary/aromatic N) is 3. The second-order valence-corrected chi connectivity index (χ2v) is 12.6. The van der Waals surface area contributed by atoms with E-state index in [1.807, 2.05) is 0 Å². The molecule has 0 radical (unpaired) electrons. The molecule has 228 valence electrons. The molecule has 0 unspecified atom stereocenters. The maximum atomic E-state index is 5.43. The molecule has 3 heteroatoms. The zero-order chi connectivity index (χ0) is 32.3. The van der Waals surface area contributed by atoms with Crippen LogP contribution in [0.25, 0.3) is 93.7 Å². The third kappa shape index (κ3) is 4.37. The van der Waals surface area contributed by atoms with E-state index in [1.165, 1.54) is 49.0 Å². The number of para-hydroxylation sites is 1. The van der Waals surface area contributed by atoms with E-state index in [0.29, 0.717) is 5.95 Å². The van der Waals surface area contributed by atoms with Crippen molar-refractivity contribution in [1.82, 2.24) is 14.5 Å². The number of hydrogen-bond acceptors (Lipinski definition) is 2. The summed E-state index contributed by atoms with van der Waals surface area (Å²) in [6, 6.07) is 62.5. The molecular weight excluding hydrogens is 595 g/mol. The predicted octanol–water partition coefficient (Wildman–Crippen LogP) is 12.0. The minimum atomic E-state index is 0.660. The number of fused-ring (bicyclic) bond motifs is 8. The van der Waals surface area contributed by atoms with Crippen LogP contribution in [0.15, 0.2) is 176 Å². The van der Waals surface area contributed by atoms with Crippen molar-refractivity contribution in [2.45, 2.75) is 0 Å². The van der Waals surface area contributed by atoms with Crippen LogP contribution in [-0.2, 0) is 0 Å². The fourth-order valence-corrected chi connectivity index (χ4v) is 7.58. The van der Waals surface area contributed by atoms with Crippen LogP contribution in [0.1, 0.15) is 0 Å². The smallest absolute Gasteiger partial charge is 0.235 e. The topological polar surface area (TPSA) is 30.7 Å². The second kappa shape index (κ2) is 11.0. The Balaban J connectivity index is 1.30. The molecule has 0 aliphatic rings. The molecule has 0 fully saturated rings.